The summed E-state index contributed by atoms with van der Waals surface area (Å²) in [5.41, 5.74) is 3.17. The summed E-state index contributed by atoms with van der Waals surface area (Å²) >= 11 is 2.87. The Balaban J connectivity index is 1.43. The molecule has 206 valence electrons. The van der Waals surface area contributed by atoms with Gasteiger partial charge in [-0.25, -0.2) is 0 Å². The first-order valence-electron chi connectivity index (χ1n) is 13.4. The number of thiophene rings is 1. The minimum Gasteiger partial charge on any atom is -0.483 e. The summed E-state index contributed by atoms with van der Waals surface area (Å²) in [6.45, 7) is 15.2. The normalized spacial score (nSPS) is 15.7. The highest BCUT2D eigenvalue weighted by Gasteiger charge is 2.34. The molecule has 2 heterocycles. The van der Waals surface area contributed by atoms with E-state index in [-0.39, 0.29) is 23.2 Å². The van der Waals surface area contributed by atoms with Gasteiger partial charge in [0.1, 0.15) is 16.8 Å². The van der Waals surface area contributed by atoms with E-state index in [2.05, 4.69) is 48.9 Å². The first kappa shape index (κ1) is 28.9. The molecule has 0 saturated heterocycles. The van der Waals surface area contributed by atoms with Crippen LogP contribution < -0.4 is 10.1 Å². The van der Waals surface area contributed by atoms with Gasteiger partial charge in [-0.15, -0.1) is 28.1 Å². The van der Waals surface area contributed by atoms with Gasteiger partial charge in [-0.3, -0.25) is 9.36 Å². The fourth-order valence-electron chi connectivity index (χ4n) is 4.92. The molecule has 0 saturated carbocycles. The number of hydrogen-bond donors (Lipinski definition) is 1. The molecule has 1 amide bonds. The molecule has 1 N–H and O–H groups in total. The molecule has 2 atom stereocenters. The highest BCUT2D eigenvalue weighted by Crippen LogP contribution is 2.45. The Morgan fingerprint density at radius 2 is 2.13 bits per heavy atom. The van der Waals surface area contributed by atoms with Crippen molar-refractivity contribution in [1.29, 1.82) is 5.26 Å². The minimum atomic E-state index is -0.333. The largest absolute Gasteiger partial charge is 0.483 e. The highest BCUT2D eigenvalue weighted by molar-refractivity contribution is 7.99. The maximum atomic E-state index is 13.0. The van der Waals surface area contributed by atoms with Crippen molar-refractivity contribution in [2.45, 2.75) is 78.1 Å². The SMILES string of the molecule is C=CCn1c(SCC(=O)Nc2sc3c(c2C#N)CCC(C(C)(C)CC)C3)nnc1C(C)Oc1ccc(C)cc1. The van der Waals surface area contributed by atoms with Crippen LogP contribution in [0.1, 0.15) is 74.0 Å². The van der Waals surface area contributed by atoms with E-state index in [1.165, 1.54) is 16.6 Å². The molecule has 4 rings (SSSR count). The molecule has 1 aromatic carbocycles. The van der Waals surface area contributed by atoms with Crippen LogP contribution in [0.4, 0.5) is 5.00 Å². The Bertz CT molecular complexity index is 1370. The van der Waals surface area contributed by atoms with E-state index in [1.54, 1.807) is 17.4 Å². The van der Waals surface area contributed by atoms with Crippen LogP contribution in [0.5, 0.6) is 5.75 Å². The lowest BCUT2D eigenvalue weighted by molar-refractivity contribution is -0.113. The number of ether oxygens (including phenoxy) is 1. The van der Waals surface area contributed by atoms with Gasteiger partial charge >= 0.3 is 0 Å². The third-order valence-corrected chi connectivity index (χ3v) is 9.87. The summed E-state index contributed by atoms with van der Waals surface area (Å²) in [4.78, 5) is 14.2. The van der Waals surface area contributed by atoms with Gasteiger partial charge in [0.15, 0.2) is 17.1 Å². The molecule has 1 aliphatic carbocycles. The van der Waals surface area contributed by atoms with Crippen molar-refractivity contribution in [2.24, 2.45) is 11.3 Å². The van der Waals surface area contributed by atoms with Crippen LogP contribution in [-0.4, -0.2) is 26.4 Å². The molecule has 39 heavy (non-hydrogen) atoms. The van der Waals surface area contributed by atoms with E-state index in [4.69, 9.17) is 4.74 Å². The number of fused-ring (bicyclic) bond motifs is 1. The van der Waals surface area contributed by atoms with Gasteiger partial charge in [0, 0.05) is 11.4 Å². The molecule has 1 aliphatic rings. The number of thioether (sulfide) groups is 1. The van der Waals surface area contributed by atoms with Crippen molar-refractivity contribution in [3.8, 4) is 11.8 Å². The number of nitrogens with zero attached hydrogens (tertiary/aromatic N) is 4. The summed E-state index contributed by atoms with van der Waals surface area (Å²) in [6, 6.07) is 10.2. The molecule has 2 unspecified atom stereocenters. The number of benzene rings is 1. The number of allylic oxidation sites excluding steroid dienone is 1. The number of nitriles is 1. The lowest BCUT2D eigenvalue weighted by atomic mass is 9.69. The van der Waals surface area contributed by atoms with Crippen LogP contribution in [0.25, 0.3) is 0 Å². The molecular formula is C30H37N5O2S2. The van der Waals surface area contributed by atoms with Crippen molar-refractivity contribution < 1.29 is 9.53 Å². The molecule has 0 radical (unpaired) electrons. The summed E-state index contributed by atoms with van der Waals surface area (Å²) in [6.07, 6.45) is 5.51. The topological polar surface area (TPSA) is 92.8 Å². The van der Waals surface area contributed by atoms with Gasteiger partial charge in [-0.2, -0.15) is 5.26 Å². The van der Waals surface area contributed by atoms with Crippen LogP contribution in [0.15, 0.2) is 42.1 Å². The van der Waals surface area contributed by atoms with Crippen molar-refractivity contribution in [2.75, 3.05) is 11.1 Å². The van der Waals surface area contributed by atoms with Gasteiger partial charge in [0.25, 0.3) is 0 Å². The van der Waals surface area contributed by atoms with Gasteiger partial charge in [0.05, 0.1) is 11.3 Å². The second-order valence-electron chi connectivity index (χ2n) is 10.8. The Labute approximate surface area is 239 Å². The van der Waals surface area contributed by atoms with E-state index in [9.17, 15) is 10.1 Å². The number of anilines is 1. The minimum absolute atomic E-state index is 0.154. The molecule has 3 aromatic rings. The van der Waals surface area contributed by atoms with Crippen LogP contribution in [-0.2, 0) is 24.2 Å². The van der Waals surface area contributed by atoms with Gasteiger partial charge in [-0.05, 0) is 62.1 Å². The average Bonchev–Trinajstić information content (AvgIpc) is 3.48. The Hall–Kier alpha value is -3.09. The van der Waals surface area contributed by atoms with Gasteiger partial charge < -0.3 is 10.1 Å². The fourth-order valence-corrected chi connectivity index (χ4v) is 6.97. The first-order valence-corrected chi connectivity index (χ1v) is 15.2. The number of aromatic nitrogens is 3. The van der Waals surface area contributed by atoms with E-state index in [0.717, 1.165) is 42.6 Å². The zero-order valence-corrected chi connectivity index (χ0v) is 25.0. The van der Waals surface area contributed by atoms with Gasteiger partial charge in [-0.1, -0.05) is 62.7 Å². The second kappa shape index (κ2) is 12.4. The standard InChI is InChI=1S/C30H37N5O2S2/c1-7-15-35-27(20(4)37-22-12-9-19(3)10-13-22)33-34-29(35)38-18-26(36)32-28-24(17-31)23-14-11-21(16-25(23)39-28)30(5,6)8-2/h7,9-10,12-13,20-21H,1,8,11,14-16,18H2,2-6H3,(H,32,36). The lowest BCUT2D eigenvalue weighted by Crippen LogP contribution is -2.28. The lowest BCUT2D eigenvalue weighted by Gasteiger charge is -2.36. The predicted octanol–water partition coefficient (Wildman–Crippen LogP) is 7.12. The number of nitrogens with one attached hydrogen (secondary N) is 1. The number of rotatable bonds is 11. The van der Waals surface area contributed by atoms with E-state index in [0.29, 0.717) is 34.0 Å². The smallest absolute Gasteiger partial charge is 0.235 e. The second-order valence-corrected chi connectivity index (χ2v) is 12.8. The van der Waals surface area contributed by atoms with Gasteiger partial charge in [0.2, 0.25) is 5.91 Å². The number of carbonyl (C=O) groups excluding carboxylic acids is 1. The molecule has 9 heteroatoms. The molecule has 0 fully saturated rings. The van der Waals surface area contributed by atoms with Crippen molar-refractivity contribution >= 4 is 34.0 Å². The average molecular weight is 564 g/mol. The molecule has 2 aromatic heterocycles. The Kier molecular flexibility index (Phi) is 9.19. The molecular weight excluding hydrogens is 526 g/mol. The monoisotopic (exact) mass is 563 g/mol. The van der Waals surface area contributed by atoms with E-state index >= 15 is 0 Å². The van der Waals surface area contributed by atoms with Crippen LogP contribution in [0.2, 0.25) is 0 Å². The van der Waals surface area contributed by atoms with E-state index < -0.39 is 0 Å². The molecule has 0 bridgehead atoms. The third kappa shape index (κ3) is 6.56. The van der Waals surface area contributed by atoms with Crippen molar-refractivity contribution in [3.63, 3.8) is 0 Å². The third-order valence-electron chi connectivity index (χ3n) is 7.73. The quantitative estimate of drug-likeness (QED) is 0.197. The molecule has 0 aliphatic heterocycles. The fraction of sp³-hybridized carbons (Fsp3) is 0.467. The predicted molar refractivity (Wildman–Crippen MR) is 158 cm³/mol. The zero-order valence-electron chi connectivity index (χ0n) is 23.4. The number of amides is 1. The summed E-state index contributed by atoms with van der Waals surface area (Å²) in [7, 11) is 0. The number of carbonyl (C=O) groups is 1. The van der Waals surface area contributed by atoms with Crippen molar-refractivity contribution in [3.05, 3.63) is 64.3 Å². The Morgan fingerprint density at radius 1 is 1.38 bits per heavy atom. The summed E-state index contributed by atoms with van der Waals surface area (Å²) in [5, 5.41) is 22.9. The van der Waals surface area contributed by atoms with Crippen LogP contribution in [0.3, 0.4) is 0 Å². The first-order chi connectivity index (χ1) is 18.7. The maximum Gasteiger partial charge on any atom is 0.235 e. The number of aryl methyl sites for hydroxylation is 1. The van der Waals surface area contributed by atoms with E-state index in [1.807, 2.05) is 42.7 Å². The summed E-state index contributed by atoms with van der Waals surface area (Å²) in [5.74, 6) is 2.00. The Morgan fingerprint density at radius 3 is 2.79 bits per heavy atom. The van der Waals surface area contributed by atoms with Crippen LogP contribution in [0, 0.1) is 29.6 Å². The molecule has 7 nitrogen and oxygen atoms in total. The summed E-state index contributed by atoms with van der Waals surface area (Å²) < 4.78 is 8.01. The molecule has 0 spiro atoms. The highest BCUT2D eigenvalue weighted by atomic mass is 32.2. The maximum absolute atomic E-state index is 13.0. The van der Waals surface area contributed by atoms with Crippen LogP contribution >= 0.6 is 23.1 Å². The number of hydrogen-bond acceptors (Lipinski definition) is 7. The zero-order chi connectivity index (χ0) is 28.2. The van der Waals surface area contributed by atoms with Crippen molar-refractivity contribution in [1.82, 2.24) is 14.8 Å².